The molecule has 0 aromatic carbocycles. The third-order valence-corrected chi connectivity index (χ3v) is 2.54. The summed E-state index contributed by atoms with van der Waals surface area (Å²) in [5, 5.41) is 5.19. The molecule has 0 unspecified atom stereocenters. The van der Waals surface area contributed by atoms with Gasteiger partial charge in [-0.2, -0.15) is 0 Å². The SMILES string of the molecule is O=C(CCc1cnc[nH]1)Nc1nccs1. The standard InChI is InChI=1S/C9H10N4OS/c14-8(13-9-11-3-4-15-9)2-1-7-5-10-6-12-7/h3-6H,1-2H2,(H,10,12)(H,11,13,14). The van der Waals surface area contributed by atoms with Crippen LogP contribution in [0.4, 0.5) is 5.13 Å². The first-order valence-electron chi connectivity index (χ1n) is 4.51. The van der Waals surface area contributed by atoms with Crippen LogP contribution in [0, 0.1) is 0 Å². The first-order valence-corrected chi connectivity index (χ1v) is 5.39. The maximum atomic E-state index is 11.4. The molecular weight excluding hydrogens is 212 g/mol. The molecule has 2 N–H and O–H groups in total. The smallest absolute Gasteiger partial charge is 0.226 e. The van der Waals surface area contributed by atoms with Crippen LogP contribution >= 0.6 is 11.3 Å². The third kappa shape index (κ3) is 2.88. The lowest BCUT2D eigenvalue weighted by molar-refractivity contribution is -0.116. The Hall–Kier alpha value is -1.69. The average Bonchev–Trinajstić information content (AvgIpc) is 2.86. The van der Waals surface area contributed by atoms with Crippen molar-refractivity contribution >= 4 is 22.4 Å². The van der Waals surface area contributed by atoms with Gasteiger partial charge in [-0.15, -0.1) is 11.3 Å². The highest BCUT2D eigenvalue weighted by atomic mass is 32.1. The average molecular weight is 222 g/mol. The lowest BCUT2D eigenvalue weighted by Crippen LogP contribution is -2.12. The van der Waals surface area contributed by atoms with E-state index in [-0.39, 0.29) is 5.91 Å². The van der Waals surface area contributed by atoms with Gasteiger partial charge in [-0.1, -0.05) is 0 Å². The number of aromatic amines is 1. The highest BCUT2D eigenvalue weighted by molar-refractivity contribution is 7.13. The summed E-state index contributed by atoms with van der Waals surface area (Å²) in [5.41, 5.74) is 0.962. The predicted octanol–water partition coefficient (Wildman–Crippen LogP) is 1.44. The molecule has 5 nitrogen and oxygen atoms in total. The Morgan fingerprint density at radius 3 is 3.20 bits per heavy atom. The topological polar surface area (TPSA) is 70.7 Å². The maximum Gasteiger partial charge on any atom is 0.226 e. The summed E-state index contributed by atoms with van der Waals surface area (Å²) in [5.74, 6) is -0.0282. The van der Waals surface area contributed by atoms with Crippen LogP contribution in [0.25, 0.3) is 0 Å². The van der Waals surface area contributed by atoms with Gasteiger partial charge >= 0.3 is 0 Å². The van der Waals surface area contributed by atoms with Crippen LogP contribution in [0.1, 0.15) is 12.1 Å². The van der Waals surface area contributed by atoms with Crippen LogP contribution in [0.15, 0.2) is 24.1 Å². The molecule has 0 radical (unpaired) electrons. The number of nitrogens with zero attached hydrogens (tertiary/aromatic N) is 2. The van der Waals surface area contributed by atoms with Crippen molar-refractivity contribution in [3.63, 3.8) is 0 Å². The van der Waals surface area contributed by atoms with Gasteiger partial charge in [0.1, 0.15) is 0 Å². The molecule has 0 atom stereocenters. The number of aromatic nitrogens is 3. The van der Waals surface area contributed by atoms with Gasteiger partial charge in [-0.3, -0.25) is 4.79 Å². The second-order valence-electron chi connectivity index (χ2n) is 2.96. The van der Waals surface area contributed by atoms with E-state index in [2.05, 4.69) is 20.3 Å². The monoisotopic (exact) mass is 222 g/mol. The Morgan fingerprint density at radius 2 is 2.53 bits per heavy atom. The fourth-order valence-corrected chi connectivity index (χ4v) is 1.68. The molecule has 0 aliphatic rings. The molecule has 0 saturated heterocycles. The summed E-state index contributed by atoms with van der Waals surface area (Å²) in [7, 11) is 0. The van der Waals surface area contributed by atoms with Crippen LogP contribution in [0.3, 0.4) is 0 Å². The zero-order valence-corrected chi connectivity index (χ0v) is 8.75. The second-order valence-corrected chi connectivity index (χ2v) is 3.86. The zero-order chi connectivity index (χ0) is 10.5. The van der Waals surface area contributed by atoms with Crippen molar-refractivity contribution in [3.05, 3.63) is 29.8 Å². The minimum absolute atomic E-state index is 0.0282. The quantitative estimate of drug-likeness (QED) is 0.822. The Labute approximate surface area is 90.6 Å². The van der Waals surface area contributed by atoms with Crippen molar-refractivity contribution in [2.45, 2.75) is 12.8 Å². The van der Waals surface area contributed by atoms with E-state index in [9.17, 15) is 4.79 Å². The van der Waals surface area contributed by atoms with Crippen molar-refractivity contribution < 1.29 is 4.79 Å². The first-order chi connectivity index (χ1) is 7.34. The molecule has 2 aromatic rings. The molecule has 1 amide bonds. The molecule has 0 bridgehead atoms. The number of imidazole rings is 1. The number of thiazole rings is 1. The van der Waals surface area contributed by atoms with Crippen LogP contribution in [-0.4, -0.2) is 20.9 Å². The molecule has 0 saturated carbocycles. The minimum atomic E-state index is -0.0282. The number of H-pyrrole nitrogens is 1. The Balaban J connectivity index is 1.78. The highest BCUT2D eigenvalue weighted by Gasteiger charge is 2.04. The van der Waals surface area contributed by atoms with Crippen molar-refractivity contribution in [2.24, 2.45) is 0 Å². The van der Waals surface area contributed by atoms with E-state index in [0.29, 0.717) is 18.0 Å². The highest BCUT2D eigenvalue weighted by Crippen LogP contribution is 2.10. The van der Waals surface area contributed by atoms with E-state index in [1.165, 1.54) is 11.3 Å². The number of carbonyl (C=O) groups is 1. The van der Waals surface area contributed by atoms with Gasteiger partial charge < -0.3 is 10.3 Å². The van der Waals surface area contributed by atoms with Crippen molar-refractivity contribution in [3.8, 4) is 0 Å². The molecular formula is C9H10N4OS. The van der Waals surface area contributed by atoms with Crippen molar-refractivity contribution in [2.75, 3.05) is 5.32 Å². The lowest BCUT2D eigenvalue weighted by Gasteiger charge is -1.99. The summed E-state index contributed by atoms with van der Waals surface area (Å²) in [6.07, 6.45) is 6.08. The number of aryl methyl sites for hydroxylation is 1. The fourth-order valence-electron chi connectivity index (χ4n) is 1.14. The zero-order valence-electron chi connectivity index (χ0n) is 7.93. The van der Waals surface area contributed by atoms with E-state index in [1.54, 1.807) is 18.7 Å². The third-order valence-electron chi connectivity index (χ3n) is 1.85. The van der Waals surface area contributed by atoms with Crippen LogP contribution in [0.2, 0.25) is 0 Å². The Bertz CT molecular complexity index is 409. The van der Waals surface area contributed by atoms with E-state index >= 15 is 0 Å². The largest absolute Gasteiger partial charge is 0.348 e. The normalized spacial score (nSPS) is 10.1. The molecule has 2 aromatic heterocycles. The summed E-state index contributed by atoms with van der Waals surface area (Å²) < 4.78 is 0. The second kappa shape index (κ2) is 4.70. The molecule has 0 fully saturated rings. The number of hydrogen-bond donors (Lipinski definition) is 2. The van der Waals surface area contributed by atoms with Gasteiger partial charge in [0, 0.05) is 29.9 Å². The van der Waals surface area contributed by atoms with E-state index in [4.69, 9.17) is 0 Å². The number of amides is 1. The molecule has 2 heterocycles. The summed E-state index contributed by atoms with van der Waals surface area (Å²) in [6.45, 7) is 0. The first kappa shape index (κ1) is 9.85. The molecule has 6 heteroatoms. The number of anilines is 1. The molecule has 0 aliphatic heterocycles. The van der Waals surface area contributed by atoms with Gasteiger partial charge in [-0.25, -0.2) is 9.97 Å². The molecule has 78 valence electrons. The van der Waals surface area contributed by atoms with Crippen LogP contribution in [0.5, 0.6) is 0 Å². The molecule has 0 aliphatic carbocycles. The maximum absolute atomic E-state index is 11.4. The molecule has 0 spiro atoms. The van der Waals surface area contributed by atoms with Gasteiger partial charge in [0.05, 0.1) is 6.33 Å². The molecule has 2 rings (SSSR count). The van der Waals surface area contributed by atoms with Crippen LogP contribution in [-0.2, 0) is 11.2 Å². The number of nitrogens with one attached hydrogen (secondary N) is 2. The minimum Gasteiger partial charge on any atom is -0.348 e. The predicted molar refractivity (Wildman–Crippen MR) is 57.7 cm³/mol. The summed E-state index contributed by atoms with van der Waals surface area (Å²) in [6, 6.07) is 0. The van der Waals surface area contributed by atoms with E-state index in [0.717, 1.165) is 5.69 Å². The number of rotatable bonds is 4. The lowest BCUT2D eigenvalue weighted by atomic mass is 10.2. The summed E-state index contributed by atoms with van der Waals surface area (Å²) >= 11 is 1.41. The molecule has 15 heavy (non-hydrogen) atoms. The van der Waals surface area contributed by atoms with Gasteiger partial charge in [-0.05, 0) is 6.42 Å². The Morgan fingerprint density at radius 1 is 1.60 bits per heavy atom. The Kier molecular flexibility index (Phi) is 3.08. The van der Waals surface area contributed by atoms with Crippen molar-refractivity contribution in [1.82, 2.24) is 15.0 Å². The fraction of sp³-hybridized carbons (Fsp3) is 0.222. The number of hydrogen-bond acceptors (Lipinski definition) is 4. The van der Waals surface area contributed by atoms with Gasteiger partial charge in [0.2, 0.25) is 5.91 Å². The van der Waals surface area contributed by atoms with E-state index in [1.807, 2.05) is 5.38 Å². The summed E-state index contributed by atoms with van der Waals surface area (Å²) in [4.78, 5) is 22.2. The van der Waals surface area contributed by atoms with Crippen LogP contribution < -0.4 is 5.32 Å². The number of carbonyl (C=O) groups excluding carboxylic acids is 1. The van der Waals surface area contributed by atoms with Crippen molar-refractivity contribution in [1.29, 1.82) is 0 Å². The van der Waals surface area contributed by atoms with Gasteiger partial charge in [0.25, 0.3) is 0 Å². The van der Waals surface area contributed by atoms with Gasteiger partial charge in [0.15, 0.2) is 5.13 Å². The van der Waals surface area contributed by atoms with E-state index < -0.39 is 0 Å².